The Kier molecular flexibility index (Phi) is 4.28. The molecule has 1 aromatic carbocycles. The molecule has 1 aromatic rings. The number of halogens is 2. The van der Waals surface area contributed by atoms with Crippen LogP contribution in [0, 0.1) is 11.8 Å². The molecule has 0 amide bonds. The molecule has 1 saturated heterocycles. The molecule has 2 aliphatic rings. The van der Waals surface area contributed by atoms with Gasteiger partial charge in [-0.2, -0.15) is 0 Å². The van der Waals surface area contributed by atoms with E-state index in [2.05, 4.69) is 17.4 Å². The lowest BCUT2D eigenvalue weighted by Crippen LogP contribution is -2.24. The summed E-state index contributed by atoms with van der Waals surface area (Å²) in [4.78, 5) is 0. The minimum atomic E-state index is 0.243. The molecule has 1 N–H and O–H groups in total. The molecular formula is C16H21Cl2NO. The molecule has 0 radical (unpaired) electrons. The van der Waals surface area contributed by atoms with Gasteiger partial charge >= 0.3 is 0 Å². The van der Waals surface area contributed by atoms with Crippen LogP contribution in [0.5, 0.6) is 0 Å². The van der Waals surface area contributed by atoms with Crippen molar-refractivity contribution in [3.63, 3.8) is 0 Å². The maximum atomic E-state index is 6.23. The van der Waals surface area contributed by atoms with Gasteiger partial charge in [0.25, 0.3) is 0 Å². The van der Waals surface area contributed by atoms with Crippen LogP contribution in [0.15, 0.2) is 18.2 Å². The number of benzene rings is 1. The largest absolute Gasteiger partial charge is 0.382 e. The Morgan fingerprint density at radius 3 is 2.80 bits per heavy atom. The van der Waals surface area contributed by atoms with E-state index in [0.717, 1.165) is 38.6 Å². The predicted octanol–water partition coefficient (Wildman–Crippen LogP) is 3.90. The Balaban J connectivity index is 1.87. The minimum absolute atomic E-state index is 0.243. The van der Waals surface area contributed by atoms with Crippen LogP contribution in [-0.4, -0.2) is 26.3 Å². The zero-order valence-electron chi connectivity index (χ0n) is 11.8. The van der Waals surface area contributed by atoms with Gasteiger partial charge < -0.3 is 10.1 Å². The molecule has 3 unspecified atom stereocenters. The highest BCUT2D eigenvalue weighted by Gasteiger charge is 2.64. The third-order valence-corrected chi connectivity index (χ3v) is 5.76. The van der Waals surface area contributed by atoms with E-state index < -0.39 is 0 Å². The fourth-order valence-corrected chi connectivity index (χ4v) is 4.32. The van der Waals surface area contributed by atoms with E-state index in [1.807, 2.05) is 13.0 Å². The van der Waals surface area contributed by atoms with Crippen molar-refractivity contribution >= 4 is 23.2 Å². The van der Waals surface area contributed by atoms with Crippen molar-refractivity contribution < 1.29 is 4.74 Å². The number of hydrogen-bond donors (Lipinski definition) is 1. The van der Waals surface area contributed by atoms with Crippen LogP contribution < -0.4 is 5.32 Å². The lowest BCUT2D eigenvalue weighted by molar-refractivity contribution is 0.134. The minimum Gasteiger partial charge on any atom is -0.382 e. The number of fused-ring (bicyclic) bond motifs is 1. The summed E-state index contributed by atoms with van der Waals surface area (Å²) >= 11 is 12.3. The summed E-state index contributed by atoms with van der Waals surface area (Å²) in [5.74, 6) is 1.48. The van der Waals surface area contributed by atoms with Crippen LogP contribution in [0.1, 0.15) is 25.3 Å². The van der Waals surface area contributed by atoms with Crippen LogP contribution in [0.25, 0.3) is 0 Å². The Morgan fingerprint density at radius 1 is 1.30 bits per heavy atom. The Bertz CT molecular complexity index is 479. The summed E-state index contributed by atoms with van der Waals surface area (Å²) < 4.78 is 5.61. The van der Waals surface area contributed by atoms with Gasteiger partial charge in [0.1, 0.15) is 0 Å². The van der Waals surface area contributed by atoms with Gasteiger partial charge in [0.15, 0.2) is 0 Å². The Hall–Kier alpha value is -0.280. The highest BCUT2D eigenvalue weighted by Crippen LogP contribution is 2.64. The first-order valence-corrected chi connectivity index (χ1v) is 8.19. The summed E-state index contributed by atoms with van der Waals surface area (Å²) in [7, 11) is 0. The maximum absolute atomic E-state index is 6.23. The van der Waals surface area contributed by atoms with Crippen molar-refractivity contribution in [3.05, 3.63) is 33.8 Å². The lowest BCUT2D eigenvalue weighted by atomic mass is 9.88. The van der Waals surface area contributed by atoms with Gasteiger partial charge in [0, 0.05) is 18.6 Å². The summed E-state index contributed by atoms with van der Waals surface area (Å²) in [6, 6.07) is 6.14. The summed E-state index contributed by atoms with van der Waals surface area (Å²) in [6.07, 6.45) is 2.33. The molecule has 0 aromatic heterocycles. The van der Waals surface area contributed by atoms with E-state index in [0.29, 0.717) is 16.0 Å². The van der Waals surface area contributed by atoms with Crippen LogP contribution >= 0.6 is 23.2 Å². The SMILES string of the molecule is CCOCCC1(c2ccc(Cl)c(Cl)c2)C2CCNCC21. The van der Waals surface area contributed by atoms with E-state index in [4.69, 9.17) is 27.9 Å². The highest BCUT2D eigenvalue weighted by atomic mass is 35.5. The van der Waals surface area contributed by atoms with Crippen molar-refractivity contribution in [2.75, 3.05) is 26.3 Å². The predicted molar refractivity (Wildman–Crippen MR) is 83.7 cm³/mol. The molecule has 3 atom stereocenters. The molecule has 1 saturated carbocycles. The molecule has 1 aliphatic heterocycles. The lowest BCUT2D eigenvalue weighted by Gasteiger charge is -2.19. The Labute approximate surface area is 130 Å². The molecule has 2 fully saturated rings. The number of ether oxygens (including phenoxy) is 1. The topological polar surface area (TPSA) is 21.3 Å². The van der Waals surface area contributed by atoms with Gasteiger partial charge in [-0.3, -0.25) is 0 Å². The third-order valence-electron chi connectivity index (χ3n) is 5.02. The van der Waals surface area contributed by atoms with E-state index in [-0.39, 0.29) is 5.41 Å². The van der Waals surface area contributed by atoms with Crippen LogP contribution in [0.2, 0.25) is 10.0 Å². The van der Waals surface area contributed by atoms with E-state index in [1.54, 1.807) is 0 Å². The van der Waals surface area contributed by atoms with Crippen LogP contribution in [-0.2, 0) is 10.2 Å². The maximum Gasteiger partial charge on any atom is 0.0595 e. The number of piperidine rings is 1. The first-order valence-electron chi connectivity index (χ1n) is 7.44. The fourth-order valence-electron chi connectivity index (χ4n) is 4.02. The molecule has 0 spiro atoms. The van der Waals surface area contributed by atoms with Crippen molar-refractivity contribution in [2.45, 2.75) is 25.2 Å². The molecule has 2 nitrogen and oxygen atoms in total. The number of rotatable bonds is 5. The molecule has 110 valence electrons. The average Bonchev–Trinajstić information content (AvgIpc) is 3.12. The van der Waals surface area contributed by atoms with Gasteiger partial charge in [0.2, 0.25) is 0 Å². The molecule has 1 heterocycles. The van der Waals surface area contributed by atoms with E-state index >= 15 is 0 Å². The van der Waals surface area contributed by atoms with E-state index in [1.165, 1.54) is 12.0 Å². The molecule has 4 heteroatoms. The second kappa shape index (κ2) is 5.84. The quantitative estimate of drug-likeness (QED) is 0.832. The molecular weight excluding hydrogens is 293 g/mol. The summed E-state index contributed by atoms with van der Waals surface area (Å²) in [6.45, 7) is 5.89. The molecule has 20 heavy (non-hydrogen) atoms. The standard InChI is InChI=1S/C16H21Cl2NO/c1-2-20-8-6-16(12-5-7-19-10-13(12)16)11-3-4-14(17)15(18)9-11/h3-4,9,12-13,19H,2,5-8,10H2,1H3. The monoisotopic (exact) mass is 313 g/mol. The van der Waals surface area contributed by atoms with Gasteiger partial charge in [-0.05, 0) is 62.4 Å². The first kappa shape index (κ1) is 14.6. The molecule has 3 rings (SSSR count). The molecule has 0 bridgehead atoms. The van der Waals surface area contributed by atoms with E-state index in [9.17, 15) is 0 Å². The van der Waals surface area contributed by atoms with Crippen molar-refractivity contribution in [2.24, 2.45) is 11.8 Å². The summed E-state index contributed by atoms with van der Waals surface area (Å²) in [5.41, 5.74) is 1.58. The zero-order chi connectivity index (χ0) is 14.2. The zero-order valence-corrected chi connectivity index (χ0v) is 13.3. The van der Waals surface area contributed by atoms with Gasteiger partial charge in [0.05, 0.1) is 10.0 Å². The van der Waals surface area contributed by atoms with Gasteiger partial charge in [-0.15, -0.1) is 0 Å². The third kappa shape index (κ3) is 2.37. The van der Waals surface area contributed by atoms with Gasteiger partial charge in [-0.1, -0.05) is 29.3 Å². The second-order valence-corrected chi connectivity index (χ2v) is 6.64. The smallest absolute Gasteiger partial charge is 0.0595 e. The van der Waals surface area contributed by atoms with Crippen LogP contribution in [0.3, 0.4) is 0 Å². The Morgan fingerprint density at radius 2 is 2.15 bits per heavy atom. The number of hydrogen-bond acceptors (Lipinski definition) is 2. The fraction of sp³-hybridized carbons (Fsp3) is 0.625. The number of nitrogens with one attached hydrogen (secondary N) is 1. The summed E-state index contributed by atoms with van der Waals surface area (Å²) in [5, 5.41) is 4.82. The highest BCUT2D eigenvalue weighted by molar-refractivity contribution is 6.42. The van der Waals surface area contributed by atoms with Crippen molar-refractivity contribution in [3.8, 4) is 0 Å². The van der Waals surface area contributed by atoms with Crippen molar-refractivity contribution in [1.29, 1.82) is 0 Å². The normalized spacial score (nSPS) is 31.9. The van der Waals surface area contributed by atoms with Gasteiger partial charge in [-0.25, -0.2) is 0 Å². The van der Waals surface area contributed by atoms with Crippen LogP contribution in [0.4, 0.5) is 0 Å². The van der Waals surface area contributed by atoms with Crippen molar-refractivity contribution in [1.82, 2.24) is 5.32 Å². The average molecular weight is 314 g/mol. The second-order valence-electron chi connectivity index (χ2n) is 5.82. The molecule has 1 aliphatic carbocycles. The first-order chi connectivity index (χ1) is 9.70.